The van der Waals surface area contributed by atoms with Crippen LogP contribution in [0.1, 0.15) is 56.3 Å². The number of ketones is 2. The van der Waals surface area contributed by atoms with Crippen LogP contribution < -0.4 is 5.32 Å². The van der Waals surface area contributed by atoms with Gasteiger partial charge in [-0.05, 0) is 55.0 Å². The second-order valence-electron chi connectivity index (χ2n) is 12.0. The predicted molar refractivity (Wildman–Crippen MR) is 180 cm³/mol. The molecular weight excluding hydrogens is 664 g/mol. The number of phenolic OH excluding ortho intramolecular Hbond substituents is 1. The summed E-state index contributed by atoms with van der Waals surface area (Å²) in [5.74, 6) is 8.99. The largest absolute Gasteiger partial charge is 0.507 e. The highest BCUT2D eigenvalue weighted by atomic mass is 32.2. The molecule has 4 atom stereocenters. The summed E-state index contributed by atoms with van der Waals surface area (Å²) < 4.78 is 36.1. The third-order valence-electron chi connectivity index (χ3n) is 8.58. The zero-order chi connectivity index (χ0) is 35.8. The highest BCUT2D eigenvalue weighted by Gasteiger charge is 2.51. The van der Waals surface area contributed by atoms with E-state index in [1.807, 2.05) is 0 Å². The maximum atomic E-state index is 14.2. The van der Waals surface area contributed by atoms with E-state index in [0.29, 0.717) is 5.56 Å². The molecule has 0 unspecified atom stereocenters. The average molecular weight is 697 g/mol. The fourth-order valence-electron chi connectivity index (χ4n) is 6.33. The molecule has 1 amide bonds. The molecule has 3 aliphatic rings. The number of aromatic hydroxyl groups is 1. The summed E-state index contributed by atoms with van der Waals surface area (Å²) in [4.78, 5) is 42.2. The van der Waals surface area contributed by atoms with E-state index in [0.717, 1.165) is 0 Å². The summed E-state index contributed by atoms with van der Waals surface area (Å²) in [7, 11) is -2.22. The van der Waals surface area contributed by atoms with Crippen LogP contribution in [0.15, 0.2) is 71.6 Å². The molecule has 6 rings (SSSR count). The van der Waals surface area contributed by atoms with Crippen LogP contribution in [0, 0.1) is 23.7 Å². The number of carbonyl (C=O) groups is 3. The number of phenols is 1. The van der Waals surface area contributed by atoms with Gasteiger partial charge >= 0.3 is 6.09 Å². The van der Waals surface area contributed by atoms with Crippen molar-refractivity contribution in [3.63, 3.8) is 0 Å². The van der Waals surface area contributed by atoms with Gasteiger partial charge in [0.05, 0.1) is 33.5 Å². The summed E-state index contributed by atoms with van der Waals surface area (Å²) in [5, 5.41) is 36.1. The molecule has 0 fully saturated rings. The zero-order valence-electron chi connectivity index (χ0n) is 27.0. The van der Waals surface area contributed by atoms with Gasteiger partial charge in [0.25, 0.3) is 0 Å². The smallest absolute Gasteiger partial charge is 0.409 e. The van der Waals surface area contributed by atoms with Crippen LogP contribution in [0.5, 0.6) is 5.75 Å². The van der Waals surface area contributed by atoms with Crippen LogP contribution in [0.4, 0.5) is 10.5 Å². The molecule has 3 aromatic carbocycles. The molecule has 0 aromatic heterocycles. The van der Waals surface area contributed by atoms with E-state index >= 15 is 0 Å². The number of carbonyl (C=O) groups excluding carboxylic acids is 3. The summed E-state index contributed by atoms with van der Waals surface area (Å²) in [5.41, 5.74) is -1.43. The quantitative estimate of drug-likeness (QED) is 0.121. The molecule has 2 bridgehead atoms. The number of allylic oxidation sites excluding steroid dienone is 2. The molecule has 2 aliphatic carbocycles. The summed E-state index contributed by atoms with van der Waals surface area (Å²) in [6.45, 7) is 0.934. The number of hydrogen-bond donors (Lipinski definition) is 4. The predicted octanol–water partition coefficient (Wildman–Crippen LogP) is 2.88. The molecule has 256 valence electrons. The number of nitrogens with one attached hydrogen (secondary N) is 1. The van der Waals surface area contributed by atoms with Crippen LogP contribution in [0.3, 0.4) is 0 Å². The lowest BCUT2D eigenvalue weighted by Crippen LogP contribution is -2.51. The van der Waals surface area contributed by atoms with Gasteiger partial charge in [-0.2, -0.15) is 0 Å². The van der Waals surface area contributed by atoms with E-state index in [9.17, 15) is 38.1 Å². The third-order valence-corrected chi connectivity index (χ3v) is 10.3. The fourth-order valence-corrected chi connectivity index (χ4v) is 7.44. The Hall–Kier alpha value is -5.44. The lowest BCUT2D eigenvalue weighted by molar-refractivity contribution is -0.213. The maximum Gasteiger partial charge on any atom is 0.409 e. The van der Waals surface area contributed by atoms with Crippen molar-refractivity contribution < 1.29 is 47.6 Å². The van der Waals surface area contributed by atoms with Crippen molar-refractivity contribution in [2.24, 2.45) is 0 Å². The number of aliphatic hydroxyl groups excluding tert-OH is 2. The minimum absolute atomic E-state index is 0.00457. The van der Waals surface area contributed by atoms with Gasteiger partial charge in [0.2, 0.25) is 0 Å². The maximum absolute atomic E-state index is 14.2. The second-order valence-corrected chi connectivity index (χ2v) is 14.1. The highest BCUT2D eigenvalue weighted by Crippen LogP contribution is 2.50. The van der Waals surface area contributed by atoms with Crippen molar-refractivity contribution in [1.82, 2.24) is 4.90 Å². The number of hydrogen-bond acceptors (Lipinski definition) is 11. The van der Waals surface area contributed by atoms with Crippen LogP contribution in [-0.4, -0.2) is 84.1 Å². The molecule has 1 heterocycles. The molecule has 4 N–H and O–H groups in total. The first kappa shape index (κ1) is 34.4. The minimum atomic E-state index is -3.65. The Morgan fingerprint density at radius 3 is 2.46 bits per heavy atom. The van der Waals surface area contributed by atoms with Crippen molar-refractivity contribution in [1.29, 1.82) is 0 Å². The lowest BCUT2D eigenvalue weighted by atomic mass is 9.73. The lowest BCUT2D eigenvalue weighted by Gasteiger charge is -2.44. The van der Waals surface area contributed by atoms with Gasteiger partial charge in [-0.3, -0.25) is 9.59 Å². The van der Waals surface area contributed by atoms with Crippen molar-refractivity contribution in [2.75, 3.05) is 24.7 Å². The second kappa shape index (κ2) is 13.5. The number of aliphatic hydroxyl groups is 2. The first-order valence-electron chi connectivity index (χ1n) is 15.6. The first-order valence-corrected chi connectivity index (χ1v) is 17.2. The Bertz CT molecular complexity index is 2170. The van der Waals surface area contributed by atoms with Crippen molar-refractivity contribution in [3.8, 4) is 29.4 Å². The van der Waals surface area contributed by atoms with Crippen molar-refractivity contribution in [3.05, 3.63) is 100 Å². The molecule has 12 nitrogen and oxygen atoms in total. The van der Waals surface area contributed by atoms with Gasteiger partial charge in [-0.1, -0.05) is 47.9 Å². The topological polar surface area (TPSA) is 180 Å². The number of benzene rings is 3. The summed E-state index contributed by atoms with van der Waals surface area (Å²) in [6, 6.07) is 12.8. The molecule has 0 spiro atoms. The Morgan fingerprint density at radius 2 is 1.74 bits per heavy atom. The van der Waals surface area contributed by atoms with Crippen LogP contribution >= 0.6 is 0 Å². The Labute approximate surface area is 288 Å². The third kappa shape index (κ3) is 6.35. The number of sulfone groups is 1. The molecule has 0 radical (unpaired) electrons. The normalized spacial score (nSPS) is 21.4. The molecule has 1 aliphatic heterocycles. The standard InChI is InChI=1S/C37H32N2O10S/c1-22(40)49-37-20-24(10-6-3-4-9-13-30(37)42)38-33-28(37)19-29(41)31-32(33)34(43)26-15-14-23(18-27(26)35(31)44)21-39(2)36(45)48-16-17-50(46,47)25-11-7-5-8-12-25/h3-5,7-8,11-12,14-15,18-19,22,24,30,38,40-42H,16-17,20-21H2,1-2H3/b4-3-/t22-,24-,30+,37-/m0/s1. The van der Waals surface area contributed by atoms with Gasteiger partial charge in [0.15, 0.2) is 27.7 Å². The summed E-state index contributed by atoms with van der Waals surface area (Å²) in [6.07, 6.45) is -0.771. The summed E-state index contributed by atoms with van der Waals surface area (Å²) >= 11 is 0. The van der Waals surface area contributed by atoms with Crippen LogP contribution in [0.2, 0.25) is 0 Å². The van der Waals surface area contributed by atoms with E-state index in [1.165, 1.54) is 61.4 Å². The molecular formula is C37H32N2O10S. The SMILES string of the molecule is C[C@@H](O)O[C@]12C[C@H](C#C/C=C\C#C[C@H]1O)Nc1c2cc(O)c2c1C(=O)c1ccc(CN(C)C(=O)OCCS(=O)(=O)c3ccccc3)cc1C2=O. The minimum Gasteiger partial charge on any atom is -0.507 e. The number of amides is 1. The number of anilines is 1. The monoisotopic (exact) mass is 696 g/mol. The van der Waals surface area contributed by atoms with Crippen molar-refractivity contribution in [2.45, 2.75) is 48.8 Å². The Kier molecular flexibility index (Phi) is 9.27. The van der Waals surface area contributed by atoms with Gasteiger partial charge < -0.3 is 35.0 Å². The Balaban J connectivity index is 1.28. The van der Waals surface area contributed by atoms with Gasteiger partial charge in [-0.25, -0.2) is 13.2 Å². The van der Waals surface area contributed by atoms with Crippen molar-refractivity contribution >= 4 is 33.2 Å². The molecule has 50 heavy (non-hydrogen) atoms. The number of rotatable bonds is 8. The van der Waals surface area contributed by atoms with E-state index < -0.39 is 63.0 Å². The van der Waals surface area contributed by atoms with Gasteiger partial charge in [0.1, 0.15) is 24.1 Å². The van der Waals surface area contributed by atoms with E-state index in [2.05, 4.69) is 29.0 Å². The van der Waals surface area contributed by atoms with Gasteiger partial charge in [-0.15, -0.1) is 0 Å². The average Bonchev–Trinajstić information content (AvgIpc) is 3.08. The van der Waals surface area contributed by atoms with Crippen LogP contribution in [-0.2, 0) is 31.5 Å². The van der Waals surface area contributed by atoms with E-state index in [-0.39, 0.29) is 58.0 Å². The van der Waals surface area contributed by atoms with Gasteiger partial charge in [0, 0.05) is 36.7 Å². The zero-order valence-corrected chi connectivity index (χ0v) is 27.8. The van der Waals surface area contributed by atoms with Crippen LogP contribution in [0.25, 0.3) is 0 Å². The molecule has 0 saturated carbocycles. The first-order chi connectivity index (χ1) is 23.8. The van der Waals surface area contributed by atoms with E-state index in [4.69, 9.17) is 9.47 Å². The molecule has 13 heteroatoms. The number of ether oxygens (including phenoxy) is 2. The Morgan fingerprint density at radius 1 is 1.04 bits per heavy atom. The fraction of sp³-hybridized carbons (Fsp3) is 0.270. The molecule has 3 aromatic rings. The van der Waals surface area contributed by atoms with E-state index in [1.54, 1.807) is 24.3 Å². The molecule has 0 saturated heterocycles. The number of fused-ring (bicyclic) bond motifs is 7. The highest BCUT2D eigenvalue weighted by molar-refractivity contribution is 7.91. The number of nitrogens with zero attached hydrogens (tertiary/aromatic N) is 1.